The molecule has 0 aromatic heterocycles. The number of benzene rings is 2. The topological polar surface area (TPSA) is 84.9 Å². The second-order valence-electron chi connectivity index (χ2n) is 6.12. The minimum Gasteiger partial charge on any atom is -0.492 e. The molecule has 0 bridgehead atoms. The highest BCUT2D eigenvalue weighted by atomic mass is 35.5. The molecule has 0 spiro atoms. The van der Waals surface area contributed by atoms with Crippen molar-refractivity contribution < 1.29 is 22.7 Å². The van der Waals surface area contributed by atoms with Crippen LogP contribution in [-0.4, -0.2) is 52.0 Å². The standard InChI is InChI=1S/C19H23ClN2O5S/c1-14(27-17-6-4-5-15(20)13-17)19(23)21-11-12-26-16-7-9-18(10-8-16)28(24,25)22(2)3/h4-10,13-14H,11-12H2,1-3H3,(H,21,23)/t14-/m0/s1. The van der Waals surface area contributed by atoms with E-state index in [1.54, 1.807) is 43.3 Å². The van der Waals surface area contributed by atoms with E-state index in [9.17, 15) is 13.2 Å². The minimum absolute atomic E-state index is 0.185. The average molecular weight is 427 g/mol. The van der Waals surface area contributed by atoms with Gasteiger partial charge in [0.05, 0.1) is 11.4 Å². The number of carbonyl (C=O) groups is 1. The third-order valence-corrected chi connectivity index (χ3v) is 5.81. The van der Waals surface area contributed by atoms with E-state index in [2.05, 4.69) is 5.32 Å². The van der Waals surface area contributed by atoms with Crippen molar-refractivity contribution in [3.63, 3.8) is 0 Å². The van der Waals surface area contributed by atoms with Crippen LogP contribution in [0.5, 0.6) is 11.5 Å². The maximum absolute atomic E-state index is 12.1. The van der Waals surface area contributed by atoms with Gasteiger partial charge in [-0.3, -0.25) is 4.79 Å². The maximum atomic E-state index is 12.1. The molecule has 1 atom stereocenters. The quantitative estimate of drug-likeness (QED) is 0.623. The Labute approximate surface area is 170 Å². The summed E-state index contributed by atoms with van der Waals surface area (Å²) in [7, 11) is -0.526. The summed E-state index contributed by atoms with van der Waals surface area (Å²) in [5, 5.41) is 3.24. The average Bonchev–Trinajstić information content (AvgIpc) is 2.65. The van der Waals surface area contributed by atoms with E-state index in [1.165, 1.54) is 26.2 Å². The van der Waals surface area contributed by atoms with Crippen LogP contribution >= 0.6 is 11.6 Å². The van der Waals surface area contributed by atoms with E-state index in [4.69, 9.17) is 21.1 Å². The zero-order valence-electron chi connectivity index (χ0n) is 15.9. The van der Waals surface area contributed by atoms with E-state index >= 15 is 0 Å². The Balaban J connectivity index is 1.77. The summed E-state index contributed by atoms with van der Waals surface area (Å²) >= 11 is 5.89. The Kier molecular flexibility index (Phi) is 7.68. The number of hydrogen-bond acceptors (Lipinski definition) is 5. The molecule has 0 saturated carbocycles. The molecule has 0 fully saturated rings. The molecule has 28 heavy (non-hydrogen) atoms. The number of hydrogen-bond donors (Lipinski definition) is 1. The van der Waals surface area contributed by atoms with Crippen LogP contribution in [0.4, 0.5) is 0 Å². The molecule has 7 nitrogen and oxygen atoms in total. The fraction of sp³-hybridized carbons (Fsp3) is 0.316. The van der Waals surface area contributed by atoms with E-state index in [0.717, 1.165) is 4.31 Å². The third-order valence-electron chi connectivity index (χ3n) is 3.75. The molecular formula is C19H23ClN2O5S. The van der Waals surface area contributed by atoms with Gasteiger partial charge in [-0.25, -0.2) is 12.7 Å². The second kappa shape index (κ2) is 9.77. The summed E-state index contributed by atoms with van der Waals surface area (Å²) in [6, 6.07) is 12.9. The van der Waals surface area contributed by atoms with Crippen LogP contribution in [-0.2, 0) is 14.8 Å². The maximum Gasteiger partial charge on any atom is 0.260 e. The molecule has 2 aromatic carbocycles. The first-order valence-corrected chi connectivity index (χ1v) is 10.4. The molecule has 0 saturated heterocycles. The predicted octanol–water partition coefficient (Wildman–Crippen LogP) is 2.55. The van der Waals surface area contributed by atoms with Crippen molar-refractivity contribution in [3.05, 3.63) is 53.6 Å². The number of nitrogens with zero attached hydrogens (tertiary/aromatic N) is 1. The van der Waals surface area contributed by atoms with Gasteiger partial charge in [-0.05, 0) is 49.4 Å². The van der Waals surface area contributed by atoms with Crippen molar-refractivity contribution in [2.24, 2.45) is 0 Å². The molecule has 0 radical (unpaired) electrons. The first kappa shape index (κ1) is 22.0. The van der Waals surface area contributed by atoms with Crippen LogP contribution in [0.2, 0.25) is 5.02 Å². The number of halogens is 1. The first-order chi connectivity index (χ1) is 13.2. The molecule has 0 aliphatic rings. The summed E-state index contributed by atoms with van der Waals surface area (Å²) in [5.41, 5.74) is 0. The SMILES string of the molecule is C[C@H](Oc1cccc(Cl)c1)C(=O)NCCOc1ccc(S(=O)(=O)N(C)C)cc1. The lowest BCUT2D eigenvalue weighted by atomic mass is 10.3. The molecule has 1 amide bonds. The summed E-state index contributed by atoms with van der Waals surface area (Å²) in [5.74, 6) is 0.741. The van der Waals surface area contributed by atoms with Gasteiger partial charge in [0, 0.05) is 19.1 Å². The molecule has 0 heterocycles. The van der Waals surface area contributed by atoms with Gasteiger partial charge in [0.25, 0.3) is 5.91 Å². The zero-order valence-corrected chi connectivity index (χ0v) is 17.5. The largest absolute Gasteiger partial charge is 0.492 e. The minimum atomic E-state index is -3.47. The van der Waals surface area contributed by atoms with Crippen molar-refractivity contribution in [2.75, 3.05) is 27.2 Å². The molecule has 9 heteroatoms. The summed E-state index contributed by atoms with van der Waals surface area (Å²) in [6.07, 6.45) is -0.686. The number of amides is 1. The van der Waals surface area contributed by atoms with Crippen LogP contribution in [0.15, 0.2) is 53.4 Å². The molecule has 1 N–H and O–H groups in total. The lowest BCUT2D eigenvalue weighted by molar-refractivity contribution is -0.127. The lowest BCUT2D eigenvalue weighted by Crippen LogP contribution is -2.38. The first-order valence-electron chi connectivity index (χ1n) is 8.55. The zero-order chi connectivity index (χ0) is 20.7. The molecule has 0 aliphatic carbocycles. The molecule has 2 rings (SSSR count). The van der Waals surface area contributed by atoms with Crippen LogP contribution in [0.25, 0.3) is 0 Å². The highest BCUT2D eigenvalue weighted by molar-refractivity contribution is 7.89. The van der Waals surface area contributed by atoms with Gasteiger partial charge >= 0.3 is 0 Å². The van der Waals surface area contributed by atoms with Gasteiger partial charge in [-0.15, -0.1) is 0 Å². The summed E-state index contributed by atoms with van der Waals surface area (Å²) < 4.78 is 36.2. The van der Waals surface area contributed by atoms with Crippen molar-refractivity contribution in [2.45, 2.75) is 17.9 Å². The van der Waals surface area contributed by atoms with Gasteiger partial charge < -0.3 is 14.8 Å². The second-order valence-corrected chi connectivity index (χ2v) is 8.70. The fourth-order valence-corrected chi connectivity index (χ4v) is 3.29. The number of carbonyl (C=O) groups excluding carboxylic acids is 1. The third kappa shape index (κ3) is 6.12. The summed E-state index contributed by atoms with van der Waals surface area (Å²) in [6.45, 7) is 2.15. The number of rotatable bonds is 9. The molecular weight excluding hydrogens is 404 g/mol. The van der Waals surface area contributed by atoms with Gasteiger partial charge in [-0.2, -0.15) is 0 Å². The van der Waals surface area contributed by atoms with E-state index in [1.807, 2.05) is 0 Å². The van der Waals surface area contributed by atoms with Gasteiger partial charge in [0.2, 0.25) is 10.0 Å². The Hall–Kier alpha value is -2.29. The summed E-state index contributed by atoms with van der Waals surface area (Å²) in [4.78, 5) is 12.3. The van der Waals surface area contributed by atoms with Crippen LogP contribution in [0.1, 0.15) is 6.92 Å². The normalized spacial score (nSPS) is 12.5. The van der Waals surface area contributed by atoms with Crippen molar-refractivity contribution in [1.29, 1.82) is 0 Å². The highest BCUT2D eigenvalue weighted by Gasteiger charge is 2.17. The van der Waals surface area contributed by atoms with E-state index < -0.39 is 16.1 Å². The van der Waals surface area contributed by atoms with Crippen LogP contribution in [0.3, 0.4) is 0 Å². The van der Waals surface area contributed by atoms with E-state index in [0.29, 0.717) is 16.5 Å². The Morgan fingerprint density at radius 1 is 1.14 bits per heavy atom. The van der Waals surface area contributed by atoms with Crippen molar-refractivity contribution >= 4 is 27.5 Å². The molecule has 0 aliphatic heterocycles. The molecule has 2 aromatic rings. The lowest BCUT2D eigenvalue weighted by Gasteiger charge is -2.15. The van der Waals surface area contributed by atoms with Gasteiger partial charge in [0.15, 0.2) is 6.10 Å². The van der Waals surface area contributed by atoms with Gasteiger partial charge in [-0.1, -0.05) is 17.7 Å². The van der Waals surface area contributed by atoms with E-state index in [-0.39, 0.29) is 24.0 Å². The number of nitrogens with one attached hydrogen (secondary N) is 1. The highest BCUT2D eigenvalue weighted by Crippen LogP contribution is 2.19. The monoisotopic (exact) mass is 426 g/mol. The fourth-order valence-electron chi connectivity index (χ4n) is 2.20. The molecule has 152 valence electrons. The molecule has 0 unspecified atom stereocenters. The van der Waals surface area contributed by atoms with Crippen molar-refractivity contribution in [3.8, 4) is 11.5 Å². The Bertz CT molecular complexity index is 901. The van der Waals surface area contributed by atoms with Crippen LogP contribution < -0.4 is 14.8 Å². The number of sulfonamides is 1. The smallest absolute Gasteiger partial charge is 0.260 e. The Morgan fingerprint density at radius 2 is 1.82 bits per heavy atom. The van der Waals surface area contributed by atoms with Crippen LogP contribution in [0, 0.1) is 0 Å². The predicted molar refractivity (Wildman–Crippen MR) is 107 cm³/mol. The van der Waals surface area contributed by atoms with Gasteiger partial charge in [0.1, 0.15) is 18.1 Å². The van der Waals surface area contributed by atoms with Crippen molar-refractivity contribution in [1.82, 2.24) is 9.62 Å². The number of ether oxygens (including phenoxy) is 2. The Morgan fingerprint density at radius 3 is 2.43 bits per heavy atom.